The lowest BCUT2D eigenvalue weighted by atomic mass is 10.1. The lowest BCUT2D eigenvalue weighted by molar-refractivity contribution is 0.429. The van der Waals surface area contributed by atoms with E-state index in [2.05, 4.69) is 4.99 Å². The van der Waals surface area contributed by atoms with Gasteiger partial charge in [0.2, 0.25) is 6.08 Å². The molecule has 0 amide bonds. The number of hydrogen-bond acceptors (Lipinski definition) is 3. The summed E-state index contributed by atoms with van der Waals surface area (Å²) < 4.78 is 12.9. The van der Waals surface area contributed by atoms with Crippen molar-refractivity contribution >= 4 is 6.08 Å². The summed E-state index contributed by atoms with van der Waals surface area (Å²) in [6.07, 6.45) is 1.37. The van der Waals surface area contributed by atoms with Gasteiger partial charge in [0.1, 0.15) is 0 Å². The minimum absolute atomic E-state index is 0.109. The van der Waals surface area contributed by atoms with Crippen molar-refractivity contribution in [1.29, 1.82) is 0 Å². The van der Waals surface area contributed by atoms with Gasteiger partial charge in [-0.2, -0.15) is 0 Å². The summed E-state index contributed by atoms with van der Waals surface area (Å²) in [6, 6.07) is 2.76. The van der Waals surface area contributed by atoms with Crippen LogP contribution in [0, 0.1) is 12.7 Å². The van der Waals surface area contributed by atoms with E-state index in [-0.39, 0.29) is 6.54 Å². The molecule has 0 aromatic heterocycles. The molecule has 0 heterocycles. The van der Waals surface area contributed by atoms with E-state index in [9.17, 15) is 9.18 Å². The molecule has 0 atom stereocenters. The molecule has 68 valence electrons. The molecule has 0 aliphatic carbocycles. The van der Waals surface area contributed by atoms with Gasteiger partial charge in [0.05, 0.1) is 6.54 Å². The van der Waals surface area contributed by atoms with Crippen LogP contribution in [0.15, 0.2) is 17.1 Å². The minimum atomic E-state index is -0.640. The molecule has 0 saturated carbocycles. The Morgan fingerprint density at radius 2 is 2.31 bits per heavy atom. The number of hydrogen-bond donors (Lipinski definition) is 1. The van der Waals surface area contributed by atoms with E-state index in [1.165, 1.54) is 25.1 Å². The zero-order chi connectivity index (χ0) is 9.84. The molecule has 1 aromatic carbocycles. The van der Waals surface area contributed by atoms with Gasteiger partial charge in [0.25, 0.3) is 0 Å². The Labute approximate surface area is 74.5 Å². The first-order valence-corrected chi connectivity index (χ1v) is 3.66. The lowest BCUT2D eigenvalue weighted by Crippen LogP contribution is -1.88. The van der Waals surface area contributed by atoms with Gasteiger partial charge in [-0.15, -0.1) is 0 Å². The van der Waals surface area contributed by atoms with Crippen LogP contribution in [0.2, 0.25) is 0 Å². The maximum absolute atomic E-state index is 12.9. The van der Waals surface area contributed by atoms with Gasteiger partial charge in [0.15, 0.2) is 11.6 Å². The van der Waals surface area contributed by atoms with E-state index in [4.69, 9.17) is 5.11 Å². The number of aromatic hydroxyl groups is 1. The third-order valence-electron chi connectivity index (χ3n) is 1.62. The van der Waals surface area contributed by atoms with E-state index >= 15 is 0 Å². The molecule has 0 radical (unpaired) electrons. The van der Waals surface area contributed by atoms with E-state index in [1.54, 1.807) is 0 Å². The summed E-state index contributed by atoms with van der Waals surface area (Å²) in [7, 11) is 0. The predicted molar refractivity (Wildman–Crippen MR) is 44.6 cm³/mol. The molecule has 4 heteroatoms. The molecule has 0 spiro atoms. The number of phenols is 1. The molecule has 1 N–H and O–H groups in total. The standard InChI is InChI=1S/C9H8FNO2/c1-6-2-7(4-11-5-12)3-8(13)9(6)10/h2-3,13H,4H2,1H3. The Morgan fingerprint density at radius 1 is 1.62 bits per heavy atom. The van der Waals surface area contributed by atoms with Crippen molar-refractivity contribution in [2.45, 2.75) is 13.5 Å². The fraction of sp³-hybridized carbons (Fsp3) is 0.222. The molecule has 3 nitrogen and oxygen atoms in total. The Morgan fingerprint density at radius 3 is 2.85 bits per heavy atom. The number of isocyanates is 1. The first-order chi connectivity index (χ1) is 6.15. The fourth-order valence-electron chi connectivity index (χ4n) is 1.04. The number of carbonyl (C=O) groups excluding carboxylic acids is 1. The Hall–Kier alpha value is -1.67. The molecule has 13 heavy (non-hydrogen) atoms. The Kier molecular flexibility index (Phi) is 2.77. The van der Waals surface area contributed by atoms with Crippen LogP contribution in [-0.2, 0) is 11.3 Å². The summed E-state index contributed by atoms with van der Waals surface area (Å²) in [5.74, 6) is -1.06. The van der Waals surface area contributed by atoms with Crippen molar-refractivity contribution in [3.63, 3.8) is 0 Å². The SMILES string of the molecule is Cc1cc(CN=C=O)cc(O)c1F. The first-order valence-electron chi connectivity index (χ1n) is 3.66. The van der Waals surface area contributed by atoms with E-state index in [0.29, 0.717) is 11.1 Å². The smallest absolute Gasteiger partial charge is 0.235 e. The fourth-order valence-corrected chi connectivity index (χ4v) is 1.04. The number of nitrogens with zero attached hydrogens (tertiary/aromatic N) is 1. The molecule has 0 aliphatic heterocycles. The summed E-state index contributed by atoms with van der Waals surface area (Å²) in [5.41, 5.74) is 0.913. The van der Waals surface area contributed by atoms with Crippen molar-refractivity contribution in [1.82, 2.24) is 0 Å². The average molecular weight is 181 g/mol. The third kappa shape index (κ3) is 2.13. The molecule has 1 rings (SSSR count). The number of aliphatic imine (C=N–C) groups is 1. The topological polar surface area (TPSA) is 49.7 Å². The van der Waals surface area contributed by atoms with Gasteiger partial charge in [-0.25, -0.2) is 14.2 Å². The highest BCUT2D eigenvalue weighted by atomic mass is 19.1. The highest BCUT2D eigenvalue weighted by Crippen LogP contribution is 2.21. The largest absolute Gasteiger partial charge is 0.505 e. The van der Waals surface area contributed by atoms with Gasteiger partial charge in [-0.05, 0) is 24.1 Å². The average Bonchev–Trinajstić information content (AvgIpc) is 2.10. The maximum atomic E-state index is 12.9. The van der Waals surface area contributed by atoms with Crippen LogP contribution in [-0.4, -0.2) is 11.2 Å². The van der Waals surface area contributed by atoms with Crippen molar-refractivity contribution in [3.05, 3.63) is 29.1 Å². The van der Waals surface area contributed by atoms with Crippen molar-refractivity contribution in [3.8, 4) is 5.75 Å². The maximum Gasteiger partial charge on any atom is 0.235 e. The highest BCUT2D eigenvalue weighted by Gasteiger charge is 2.05. The summed E-state index contributed by atoms with van der Waals surface area (Å²) >= 11 is 0. The lowest BCUT2D eigenvalue weighted by Gasteiger charge is -2.02. The van der Waals surface area contributed by atoms with Gasteiger partial charge in [-0.1, -0.05) is 6.07 Å². The number of aryl methyl sites for hydroxylation is 1. The van der Waals surface area contributed by atoms with Gasteiger partial charge >= 0.3 is 0 Å². The second kappa shape index (κ2) is 3.83. The predicted octanol–water partition coefficient (Wildman–Crippen LogP) is 1.68. The van der Waals surface area contributed by atoms with E-state index < -0.39 is 11.6 Å². The molecule has 0 bridgehead atoms. The summed E-state index contributed by atoms with van der Waals surface area (Å²) in [6.45, 7) is 1.64. The monoisotopic (exact) mass is 181 g/mol. The highest BCUT2D eigenvalue weighted by molar-refractivity contribution is 5.37. The van der Waals surface area contributed by atoms with Crippen LogP contribution in [0.4, 0.5) is 4.39 Å². The Balaban J connectivity index is 3.05. The van der Waals surface area contributed by atoms with Crippen molar-refractivity contribution in [2.75, 3.05) is 0 Å². The third-order valence-corrected chi connectivity index (χ3v) is 1.62. The number of rotatable bonds is 2. The van der Waals surface area contributed by atoms with Crippen molar-refractivity contribution < 1.29 is 14.3 Å². The summed E-state index contributed by atoms with van der Waals surface area (Å²) in [4.78, 5) is 13.1. The zero-order valence-corrected chi connectivity index (χ0v) is 7.04. The van der Waals surface area contributed by atoms with Gasteiger partial charge in [0, 0.05) is 0 Å². The van der Waals surface area contributed by atoms with Crippen molar-refractivity contribution in [2.24, 2.45) is 4.99 Å². The molecular formula is C9H8FNO2. The van der Waals surface area contributed by atoms with E-state index in [0.717, 1.165) is 0 Å². The quantitative estimate of drug-likeness (QED) is 0.557. The molecule has 0 aliphatic rings. The molecular weight excluding hydrogens is 173 g/mol. The number of phenolic OH excluding ortho intramolecular Hbond substituents is 1. The van der Waals surface area contributed by atoms with Crippen LogP contribution < -0.4 is 0 Å². The molecule has 0 unspecified atom stereocenters. The van der Waals surface area contributed by atoms with Crippen LogP contribution in [0.25, 0.3) is 0 Å². The second-order valence-corrected chi connectivity index (χ2v) is 2.65. The number of halogens is 1. The molecule has 0 fully saturated rings. The normalized spacial score (nSPS) is 9.38. The first kappa shape index (κ1) is 9.42. The van der Waals surface area contributed by atoms with Crippen LogP contribution in [0.3, 0.4) is 0 Å². The molecule has 1 aromatic rings. The van der Waals surface area contributed by atoms with Crippen LogP contribution in [0.1, 0.15) is 11.1 Å². The molecule has 0 saturated heterocycles. The number of benzene rings is 1. The van der Waals surface area contributed by atoms with E-state index in [1.807, 2.05) is 0 Å². The minimum Gasteiger partial charge on any atom is -0.505 e. The van der Waals surface area contributed by atoms with Gasteiger partial charge in [-0.3, -0.25) is 0 Å². The van der Waals surface area contributed by atoms with Crippen LogP contribution in [0.5, 0.6) is 5.75 Å². The second-order valence-electron chi connectivity index (χ2n) is 2.65. The Bertz CT molecular complexity index is 347. The summed E-state index contributed by atoms with van der Waals surface area (Å²) in [5, 5.41) is 9.07. The van der Waals surface area contributed by atoms with Crippen LogP contribution >= 0.6 is 0 Å². The van der Waals surface area contributed by atoms with Gasteiger partial charge < -0.3 is 5.11 Å². The zero-order valence-electron chi connectivity index (χ0n) is 7.04.